The van der Waals surface area contributed by atoms with Crippen LogP contribution in [0.2, 0.25) is 0 Å². The van der Waals surface area contributed by atoms with Crippen molar-refractivity contribution in [3.8, 4) is 17.2 Å². The fourth-order valence-corrected chi connectivity index (χ4v) is 2.38. The van der Waals surface area contributed by atoms with E-state index in [9.17, 15) is 0 Å². The first-order valence-corrected chi connectivity index (χ1v) is 7.85. The maximum Gasteiger partial charge on any atom is 0.203 e. The number of aromatic nitrogens is 1. The van der Waals surface area contributed by atoms with Gasteiger partial charge in [-0.15, -0.1) is 0 Å². The monoisotopic (exact) mass is 344 g/mol. The third-order valence-electron chi connectivity index (χ3n) is 3.62. The van der Waals surface area contributed by atoms with Crippen molar-refractivity contribution in [2.45, 2.75) is 13.1 Å². The summed E-state index contributed by atoms with van der Waals surface area (Å²) in [5, 5.41) is 6.48. The van der Waals surface area contributed by atoms with E-state index < -0.39 is 0 Å². The molecule has 0 aliphatic rings. The maximum absolute atomic E-state index is 5.49. The first-order valence-electron chi connectivity index (χ1n) is 7.85. The van der Waals surface area contributed by atoms with Gasteiger partial charge in [0, 0.05) is 25.4 Å². The molecule has 2 rings (SSSR count). The molecule has 0 saturated carbocycles. The van der Waals surface area contributed by atoms with E-state index in [0.29, 0.717) is 36.3 Å². The van der Waals surface area contributed by atoms with Gasteiger partial charge < -0.3 is 24.8 Å². The Labute approximate surface area is 148 Å². The van der Waals surface area contributed by atoms with Crippen molar-refractivity contribution in [1.82, 2.24) is 15.6 Å². The molecular weight excluding hydrogens is 320 g/mol. The van der Waals surface area contributed by atoms with Gasteiger partial charge in [-0.2, -0.15) is 0 Å². The predicted octanol–water partition coefficient (Wildman–Crippen LogP) is 1.97. The van der Waals surface area contributed by atoms with E-state index in [1.54, 1.807) is 34.6 Å². The first kappa shape index (κ1) is 18.4. The number of aliphatic imine (C=N–C) groups is 1. The van der Waals surface area contributed by atoms with Crippen LogP contribution < -0.4 is 24.8 Å². The first-order chi connectivity index (χ1) is 12.2. The van der Waals surface area contributed by atoms with Crippen molar-refractivity contribution in [1.29, 1.82) is 0 Å². The molecule has 0 bridgehead atoms. The highest BCUT2D eigenvalue weighted by molar-refractivity contribution is 5.79. The summed E-state index contributed by atoms with van der Waals surface area (Å²) >= 11 is 0. The van der Waals surface area contributed by atoms with Crippen LogP contribution in [-0.4, -0.2) is 39.3 Å². The molecule has 1 aromatic heterocycles. The van der Waals surface area contributed by atoms with Crippen LogP contribution in [-0.2, 0) is 13.1 Å². The second kappa shape index (κ2) is 9.36. The van der Waals surface area contributed by atoms with Gasteiger partial charge in [-0.05, 0) is 24.3 Å². The molecule has 0 aliphatic heterocycles. The van der Waals surface area contributed by atoms with E-state index in [1.807, 2.05) is 30.3 Å². The Morgan fingerprint density at radius 1 is 0.960 bits per heavy atom. The Bertz CT molecular complexity index is 705. The van der Waals surface area contributed by atoms with Crippen molar-refractivity contribution < 1.29 is 14.2 Å². The summed E-state index contributed by atoms with van der Waals surface area (Å²) in [5.41, 5.74) is 1.87. The van der Waals surface area contributed by atoms with Gasteiger partial charge in [0.2, 0.25) is 5.75 Å². The molecule has 1 aromatic carbocycles. The van der Waals surface area contributed by atoms with Gasteiger partial charge in [-0.25, -0.2) is 0 Å². The molecule has 0 aliphatic carbocycles. The number of benzene rings is 1. The number of nitrogens with zero attached hydrogens (tertiary/aromatic N) is 2. The number of methoxy groups -OCH3 is 3. The summed E-state index contributed by atoms with van der Waals surface area (Å²) in [4.78, 5) is 8.50. The minimum Gasteiger partial charge on any atom is -0.493 e. The quantitative estimate of drug-likeness (QED) is 0.591. The van der Waals surface area contributed by atoms with Crippen molar-refractivity contribution in [3.63, 3.8) is 0 Å². The summed E-state index contributed by atoms with van der Waals surface area (Å²) in [6.07, 6.45) is 1.77. The van der Waals surface area contributed by atoms with Gasteiger partial charge >= 0.3 is 0 Å². The lowest BCUT2D eigenvalue weighted by atomic mass is 10.1. The van der Waals surface area contributed by atoms with Crippen LogP contribution in [0.15, 0.2) is 41.5 Å². The molecule has 1 heterocycles. The largest absolute Gasteiger partial charge is 0.493 e. The smallest absolute Gasteiger partial charge is 0.203 e. The molecule has 0 fully saturated rings. The highest BCUT2D eigenvalue weighted by Crippen LogP contribution is 2.39. The summed E-state index contributed by atoms with van der Waals surface area (Å²) in [7, 11) is 6.51. The predicted molar refractivity (Wildman–Crippen MR) is 97.4 cm³/mol. The van der Waals surface area contributed by atoms with Crippen molar-refractivity contribution >= 4 is 5.96 Å². The van der Waals surface area contributed by atoms with Crippen LogP contribution in [0.25, 0.3) is 0 Å². The summed E-state index contributed by atoms with van der Waals surface area (Å²) < 4.78 is 16.2. The standard InChI is InChI=1S/C18H24N4O3/c1-19-18(22-12-14-7-5-6-10-20-14)21-11-13-8-9-15(23-2)17(25-4)16(13)24-3/h5-10H,11-12H2,1-4H3,(H2,19,21,22). The fraction of sp³-hybridized carbons (Fsp3) is 0.333. The lowest BCUT2D eigenvalue weighted by Crippen LogP contribution is -2.36. The molecule has 0 amide bonds. The Hall–Kier alpha value is -2.96. The van der Waals surface area contributed by atoms with Gasteiger partial charge in [0.25, 0.3) is 0 Å². The zero-order valence-electron chi connectivity index (χ0n) is 15.0. The van der Waals surface area contributed by atoms with Gasteiger partial charge in [0.05, 0.1) is 33.6 Å². The van der Waals surface area contributed by atoms with Crippen LogP contribution in [0.3, 0.4) is 0 Å². The SMILES string of the molecule is CN=C(NCc1ccccn1)NCc1ccc(OC)c(OC)c1OC. The van der Waals surface area contributed by atoms with Crippen molar-refractivity contribution in [3.05, 3.63) is 47.8 Å². The lowest BCUT2D eigenvalue weighted by molar-refractivity contribution is 0.322. The number of nitrogens with one attached hydrogen (secondary N) is 2. The molecule has 134 valence electrons. The van der Waals surface area contributed by atoms with E-state index in [-0.39, 0.29) is 0 Å². The lowest BCUT2D eigenvalue weighted by Gasteiger charge is -2.17. The Morgan fingerprint density at radius 2 is 1.72 bits per heavy atom. The molecule has 2 aromatic rings. The van der Waals surface area contributed by atoms with Gasteiger partial charge in [0.1, 0.15) is 0 Å². The van der Waals surface area contributed by atoms with Crippen LogP contribution in [0.5, 0.6) is 17.2 Å². The second-order valence-corrected chi connectivity index (χ2v) is 5.09. The van der Waals surface area contributed by atoms with Crippen LogP contribution in [0.4, 0.5) is 0 Å². The molecule has 0 atom stereocenters. The number of pyridine rings is 1. The number of hydrogen-bond acceptors (Lipinski definition) is 5. The Kier molecular flexibility index (Phi) is 6.88. The molecular formula is C18H24N4O3. The number of guanidine groups is 1. The molecule has 0 saturated heterocycles. The van der Waals surface area contributed by atoms with Crippen LogP contribution in [0.1, 0.15) is 11.3 Å². The minimum absolute atomic E-state index is 0.519. The molecule has 0 radical (unpaired) electrons. The molecule has 0 unspecified atom stereocenters. The summed E-state index contributed by atoms with van der Waals surface area (Å²) in [6.45, 7) is 1.11. The second-order valence-electron chi connectivity index (χ2n) is 5.09. The number of rotatable bonds is 7. The van der Waals surface area contributed by atoms with Gasteiger partial charge in [-0.1, -0.05) is 6.07 Å². The van der Waals surface area contributed by atoms with Crippen molar-refractivity contribution in [2.24, 2.45) is 4.99 Å². The van der Waals surface area contributed by atoms with E-state index >= 15 is 0 Å². The average Bonchev–Trinajstić information content (AvgIpc) is 2.67. The molecule has 25 heavy (non-hydrogen) atoms. The van der Waals surface area contributed by atoms with Crippen LogP contribution >= 0.6 is 0 Å². The van der Waals surface area contributed by atoms with E-state index in [4.69, 9.17) is 14.2 Å². The third kappa shape index (κ3) is 4.76. The van der Waals surface area contributed by atoms with E-state index in [2.05, 4.69) is 20.6 Å². The minimum atomic E-state index is 0.519. The van der Waals surface area contributed by atoms with E-state index in [0.717, 1.165) is 11.3 Å². The average molecular weight is 344 g/mol. The molecule has 2 N–H and O–H groups in total. The van der Waals surface area contributed by atoms with Crippen LogP contribution in [0, 0.1) is 0 Å². The topological polar surface area (TPSA) is 77.0 Å². The number of ether oxygens (including phenoxy) is 3. The fourth-order valence-electron chi connectivity index (χ4n) is 2.38. The molecule has 0 spiro atoms. The molecule has 7 heteroatoms. The zero-order chi connectivity index (χ0) is 18.1. The molecule has 7 nitrogen and oxygen atoms in total. The Balaban J connectivity index is 2.03. The van der Waals surface area contributed by atoms with E-state index in [1.165, 1.54) is 0 Å². The Morgan fingerprint density at radius 3 is 2.32 bits per heavy atom. The summed E-state index contributed by atoms with van der Waals surface area (Å²) in [6, 6.07) is 9.58. The summed E-state index contributed by atoms with van der Waals surface area (Å²) in [5.74, 6) is 2.50. The van der Waals surface area contributed by atoms with Crippen molar-refractivity contribution in [2.75, 3.05) is 28.4 Å². The zero-order valence-corrected chi connectivity index (χ0v) is 15.0. The number of hydrogen-bond donors (Lipinski definition) is 2. The highest BCUT2D eigenvalue weighted by Gasteiger charge is 2.15. The maximum atomic E-state index is 5.49. The highest BCUT2D eigenvalue weighted by atomic mass is 16.5. The third-order valence-corrected chi connectivity index (χ3v) is 3.62. The van der Waals surface area contributed by atoms with Gasteiger partial charge in [-0.3, -0.25) is 9.98 Å². The van der Waals surface area contributed by atoms with Gasteiger partial charge in [0.15, 0.2) is 17.5 Å². The normalized spacial score (nSPS) is 11.0.